The van der Waals surface area contributed by atoms with Crippen molar-refractivity contribution < 1.29 is 0 Å². The Bertz CT molecular complexity index is 258. The van der Waals surface area contributed by atoms with E-state index in [0.29, 0.717) is 5.92 Å². The highest BCUT2D eigenvalue weighted by molar-refractivity contribution is 7.80. The lowest BCUT2D eigenvalue weighted by Gasteiger charge is -2.07. The van der Waals surface area contributed by atoms with E-state index >= 15 is 0 Å². The lowest BCUT2D eigenvalue weighted by Crippen LogP contribution is -2.09. The molecular weight excluding hydrogens is 194 g/mol. The molecule has 4 heteroatoms. The Morgan fingerprint density at radius 3 is 2.86 bits per heavy atom. The van der Waals surface area contributed by atoms with Crippen molar-refractivity contribution in [3.8, 4) is 0 Å². The van der Waals surface area contributed by atoms with Gasteiger partial charge in [0, 0.05) is 6.54 Å². The molecule has 0 atom stereocenters. The first-order valence-corrected chi connectivity index (χ1v) is 5.85. The van der Waals surface area contributed by atoms with Gasteiger partial charge >= 0.3 is 0 Å². The second-order valence-electron chi connectivity index (χ2n) is 3.98. The molecule has 0 fully saturated rings. The summed E-state index contributed by atoms with van der Waals surface area (Å²) in [7, 11) is 0. The van der Waals surface area contributed by atoms with Gasteiger partial charge in [0.15, 0.2) is 0 Å². The lowest BCUT2D eigenvalue weighted by atomic mass is 10.2. The van der Waals surface area contributed by atoms with E-state index in [2.05, 4.69) is 36.8 Å². The highest BCUT2D eigenvalue weighted by Gasteiger charge is 2.04. The fourth-order valence-electron chi connectivity index (χ4n) is 1.39. The molecule has 14 heavy (non-hydrogen) atoms. The fraction of sp³-hybridized carbons (Fsp3) is 0.800. The van der Waals surface area contributed by atoms with Gasteiger partial charge in [0.25, 0.3) is 0 Å². The maximum atomic E-state index is 4.20. The van der Waals surface area contributed by atoms with Crippen LogP contribution in [0.4, 0.5) is 0 Å². The van der Waals surface area contributed by atoms with Crippen LogP contribution in [0.25, 0.3) is 0 Å². The van der Waals surface area contributed by atoms with E-state index in [1.54, 1.807) is 0 Å². The molecule has 0 unspecified atom stereocenters. The van der Waals surface area contributed by atoms with Crippen LogP contribution in [0.1, 0.15) is 32.4 Å². The van der Waals surface area contributed by atoms with Gasteiger partial charge in [-0.15, -0.1) is 5.10 Å². The van der Waals surface area contributed by atoms with Gasteiger partial charge in [-0.25, -0.2) is 4.68 Å². The molecule has 0 saturated carbocycles. The standard InChI is InChI=1S/C10H19N3S/c1-9(2)8-13-10(7-11-12-13)5-3-4-6-14/h7,9,14H,3-6,8H2,1-2H3. The Morgan fingerprint density at radius 2 is 2.21 bits per heavy atom. The highest BCUT2D eigenvalue weighted by Crippen LogP contribution is 2.06. The van der Waals surface area contributed by atoms with Gasteiger partial charge in [0.2, 0.25) is 0 Å². The smallest absolute Gasteiger partial charge is 0.0725 e. The number of thiol groups is 1. The van der Waals surface area contributed by atoms with Gasteiger partial charge in [-0.2, -0.15) is 12.6 Å². The zero-order chi connectivity index (χ0) is 10.4. The Labute approximate surface area is 91.3 Å². The van der Waals surface area contributed by atoms with E-state index in [4.69, 9.17) is 0 Å². The number of rotatable bonds is 6. The van der Waals surface area contributed by atoms with Crippen molar-refractivity contribution in [2.45, 2.75) is 39.7 Å². The molecule has 0 radical (unpaired) electrons. The molecule has 1 aromatic rings. The molecule has 0 aromatic carbocycles. The maximum Gasteiger partial charge on any atom is 0.0725 e. The minimum Gasteiger partial charge on any atom is -0.249 e. The van der Waals surface area contributed by atoms with Gasteiger partial charge in [-0.1, -0.05) is 19.1 Å². The first kappa shape index (κ1) is 11.6. The Balaban J connectivity index is 2.45. The summed E-state index contributed by atoms with van der Waals surface area (Å²) in [6, 6.07) is 0. The third-order valence-electron chi connectivity index (χ3n) is 2.08. The van der Waals surface area contributed by atoms with Crippen LogP contribution in [0.5, 0.6) is 0 Å². The Hall–Kier alpha value is -0.510. The zero-order valence-electron chi connectivity index (χ0n) is 8.98. The van der Waals surface area contributed by atoms with Crippen LogP contribution in [0.2, 0.25) is 0 Å². The van der Waals surface area contributed by atoms with Crippen molar-refractivity contribution in [1.29, 1.82) is 0 Å². The quantitative estimate of drug-likeness (QED) is 0.580. The summed E-state index contributed by atoms with van der Waals surface area (Å²) >= 11 is 4.20. The number of unbranched alkanes of at least 4 members (excludes halogenated alkanes) is 1. The number of aryl methyl sites for hydroxylation is 1. The lowest BCUT2D eigenvalue weighted by molar-refractivity contribution is 0.456. The summed E-state index contributed by atoms with van der Waals surface area (Å²) in [6.07, 6.45) is 5.28. The van der Waals surface area contributed by atoms with E-state index in [-0.39, 0.29) is 0 Å². The molecule has 0 N–H and O–H groups in total. The van der Waals surface area contributed by atoms with Crippen molar-refractivity contribution in [3.05, 3.63) is 11.9 Å². The van der Waals surface area contributed by atoms with Crippen LogP contribution in [-0.4, -0.2) is 20.7 Å². The normalized spacial score (nSPS) is 11.1. The van der Waals surface area contributed by atoms with Crippen LogP contribution >= 0.6 is 12.6 Å². The van der Waals surface area contributed by atoms with E-state index in [1.807, 2.05) is 10.9 Å². The summed E-state index contributed by atoms with van der Waals surface area (Å²) < 4.78 is 2.02. The van der Waals surface area contributed by atoms with Gasteiger partial charge in [-0.05, 0) is 30.9 Å². The minimum atomic E-state index is 0.625. The summed E-state index contributed by atoms with van der Waals surface area (Å²) in [5.41, 5.74) is 1.25. The zero-order valence-corrected chi connectivity index (χ0v) is 9.87. The molecule has 3 nitrogen and oxygen atoms in total. The van der Waals surface area contributed by atoms with Crippen LogP contribution < -0.4 is 0 Å². The van der Waals surface area contributed by atoms with Crippen LogP contribution in [0.15, 0.2) is 6.20 Å². The van der Waals surface area contributed by atoms with E-state index < -0.39 is 0 Å². The van der Waals surface area contributed by atoms with Gasteiger partial charge in [0.05, 0.1) is 11.9 Å². The molecule has 0 bridgehead atoms. The largest absolute Gasteiger partial charge is 0.249 e. The van der Waals surface area contributed by atoms with E-state index in [0.717, 1.165) is 25.1 Å². The summed E-state index contributed by atoms with van der Waals surface area (Å²) in [5.74, 6) is 1.59. The first-order chi connectivity index (χ1) is 6.74. The average molecular weight is 213 g/mol. The Morgan fingerprint density at radius 1 is 1.43 bits per heavy atom. The van der Waals surface area contributed by atoms with Gasteiger partial charge < -0.3 is 0 Å². The molecule has 0 amide bonds. The number of nitrogens with zero attached hydrogens (tertiary/aromatic N) is 3. The van der Waals surface area contributed by atoms with Crippen LogP contribution in [0.3, 0.4) is 0 Å². The average Bonchev–Trinajstić information content (AvgIpc) is 2.52. The van der Waals surface area contributed by atoms with Crippen molar-refractivity contribution in [3.63, 3.8) is 0 Å². The molecule has 1 aromatic heterocycles. The maximum absolute atomic E-state index is 4.20. The fourth-order valence-corrected chi connectivity index (χ4v) is 1.61. The highest BCUT2D eigenvalue weighted by atomic mass is 32.1. The third kappa shape index (κ3) is 3.70. The molecule has 0 aliphatic rings. The monoisotopic (exact) mass is 213 g/mol. The molecule has 80 valence electrons. The number of hydrogen-bond donors (Lipinski definition) is 1. The number of aromatic nitrogens is 3. The topological polar surface area (TPSA) is 30.7 Å². The van der Waals surface area contributed by atoms with Gasteiger partial charge in [0.1, 0.15) is 0 Å². The molecular formula is C10H19N3S. The van der Waals surface area contributed by atoms with Gasteiger partial charge in [-0.3, -0.25) is 0 Å². The second kappa shape index (κ2) is 6.06. The molecule has 0 saturated heterocycles. The van der Waals surface area contributed by atoms with Crippen molar-refractivity contribution in [2.24, 2.45) is 5.92 Å². The SMILES string of the molecule is CC(C)Cn1nncc1CCCCS. The summed E-state index contributed by atoms with van der Waals surface area (Å²) in [5, 5.41) is 8.03. The molecule has 1 rings (SSSR count). The second-order valence-corrected chi connectivity index (χ2v) is 4.43. The van der Waals surface area contributed by atoms with Crippen LogP contribution in [0, 0.1) is 5.92 Å². The van der Waals surface area contributed by atoms with E-state index in [1.165, 1.54) is 12.1 Å². The molecule has 0 aliphatic heterocycles. The van der Waals surface area contributed by atoms with Crippen LogP contribution in [-0.2, 0) is 13.0 Å². The minimum absolute atomic E-state index is 0.625. The van der Waals surface area contributed by atoms with Crippen molar-refractivity contribution in [2.75, 3.05) is 5.75 Å². The molecule has 0 aliphatic carbocycles. The predicted molar refractivity (Wildman–Crippen MR) is 61.7 cm³/mol. The Kier molecular flexibility index (Phi) is 5.01. The first-order valence-electron chi connectivity index (χ1n) is 5.22. The summed E-state index contributed by atoms with van der Waals surface area (Å²) in [6.45, 7) is 5.36. The predicted octanol–water partition coefficient (Wildman–Crippen LogP) is 2.19. The summed E-state index contributed by atoms with van der Waals surface area (Å²) in [4.78, 5) is 0. The molecule has 1 heterocycles. The molecule has 0 spiro atoms. The third-order valence-corrected chi connectivity index (χ3v) is 2.39. The number of hydrogen-bond acceptors (Lipinski definition) is 3. The van der Waals surface area contributed by atoms with Crippen molar-refractivity contribution in [1.82, 2.24) is 15.0 Å². The van der Waals surface area contributed by atoms with E-state index in [9.17, 15) is 0 Å². The van der Waals surface area contributed by atoms with Crippen molar-refractivity contribution >= 4 is 12.6 Å².